The van der Waals surface area contributed by atoms with E-state index in [1.807, 2.05) is 6.26 Å². The van der Waals surface area contributed by atoms with Crippen LogP contribution in [0.3, 0.4) is 0 Å². The predicted molar refractivity (Wildman–Crippen MR) is 85.3 cm³/mol. The van der Waals surface area contributed by atoms with Gasteiger partial charge in [-0.25, -0.2) is 13.1 Å². The number of nitrogens with two attached hydrogens (primary N) is 1. The predicted octanol–water partition coefficient (Wildman–Crippen LogP) is 2.19. The minimum Gasteiger partial charge on any atom is -0.385 e. The van der Waals surface area contributed by atoms with Gasteiger partial charge in [-0.15, -0.1) is 0 Å². The quantitative estimate of drug-likeness (QED) is 0.620. The molecule has 1 saturated carbocycles. The molecule has 2 unspecified atom stereocenters. The molecule has 0 aromatic carbocycles. The summed E-state index contributed by atoms with van der Waals surface area (Å²) in [6, 6.07) is 0.903. The zero-order valence-corrected chi connectivity index (χ0v) is 13.9. The Bertz CT molecular complexity index is 629. The van der Waals surface area contributed by atoms with Crippen LogP contribution in [-0.4, -0.2) is 30.9 Å². The number of thiophene rings is 1. The number of hydrogen-bond acceptors (Lipinski definition) is 7. The largest absolute Gasteiger partial charge is 0.385 e. The highest BCUT2D eigenvalue weighted by atomic mass is 32.2. The summed E-state index contributed by atoms with van der Waals surface area (Å²) in [5.41, 5.74) is 5.14. The van der Waals surface area contributed by atoms with E-state index in [2.05, 4.69) is 4.72 Å². The van der Waals surface area contributed by atoms with Crippen molar-refractivity contribution in [2.75, 3.05) is 12.0 Å². The highest BCUT2D eigenvalue weighted by molar-refractivity contribution is 7.99. The first-order valence-corrected chi connectivity index (χ1v) is 10.0. The Hall–Kier alpha value is -0.840. The molecule has 0 amide bonds. The average Bonchev–Trinajstić information content (AvgIpc) is 2.81. The lowest BCUT2D eigenvalue weighted by molar-refractivity contribution is -0.383. The van der Waals surface area contributed by atoms with Crippen molar-refractivity contribution in [2.24, 2.45) is 0 Å². The number of nitrogens with zero attached hydrogens (tertiary/aromatic N) is 1. The van der Waals surface area contributed by atoms with E-state index in [0.29, 0.717) is 5.25 Å². The number of nitro groups is 1. The third-order valence-corrected chi connectivity index (χ3v) is 7.50. The summed E-state index contributed by atoms with van der Waals surface area (Å²) >= 11 is 2.47. The molecule has 118 valence electrons. The first-order chi connectivity index (χ1) is 9.83. The molecule has 0 aliphatic heterocycles. The molecule has 0 saturated heterocycles. The third-order valence-electron chi connectivity index (χ3n) is 3.46. The normalized spacial score (nSPS) is 23.1. The van der Waals surface area contributed by atoms with Crippen LogP contribution in [0.5, 0.6) is 0 Å². The van der Waals surface area contributed by atoms with E-state index < -0.39 is 14.9 Å². The van der Waals surface area contributed by atoms with Gasteiger partial charge in [0.2, 0.25) is 0 Å². The van der Waals surface area contributed by atoms with Crippen molar-refractivity contribution in [2.45, 2.75) is 41.2 Å². The van der Waals surface area contributed by atoms with E-state index in [0.717, 1.165) is 43.1 Å². The molecule has 2 rings (SSSR count). The van der Waals surface area contributed by atoms with Crippen molar-refractivity contribution in [3.63, 3.8) is 0 Å². The van der Waals surface area contributed by atoms with Gasteiger partial charge in [0.25, 0.3) is 10.0 Å². The van der Waals surface area contributed by atoms with E-state index >= 15 is 0 Å². The van der Waals surface area contributed by atoms with Gasteiger partial charge in [0.05, 0.1) is 4.92 Å². The first-order valence-electron chi connectivity index (χ1n) is 6.42. The minimum absolute atomic E-state index is 0.0917. The van der Waals surface area contributed by atoms with E-state index in [9.17, 15) is 18.5 Å². The lowest BCUT2D eigenvalue weighted by atomic mass is 9.96. The number of anilines is 1. The van der Waals surface area contributed by atoms with Crippen LogP contribution in [0.4, 0.5) is 10.7 Å². The first kappa shape index (κ1) is 16.5. The fourth-order valence-corrected chi connectivity index (χ4v) is 5.73. The van der Waals surface area contributed by atoms with Crippen molar-refractivity contribution >= 4 is 43.8 Å². The molecule has 0 bridgehead atoms. The van der Waals surface area contributed by atoms with Crippen LogP contribution in [0.1, 0.15) is 25.7 Å². The Morgan fingerprint density at radius 3 is 2.81 bits per heavy atom. The number of thioether (sulfide) groups is 1. The topological polar surface area (TPSA) is 115 Å². The zero-order valence-electron chi connectivity index (χ0n) is 11.4. The summed E-state index contributed by atoms with van der Waals surface area (Å²) in [4.78, 5) is 10.1. The zero-order chi connectivity index (χ0) is 15.6. The van der Waals surface area contributed by atoms with E-state index in [1.165, 1.54) is 0 Å². The van der Waals surface area contributed by atoms with E-state index in [-0.39, 0.29) is 20.9 Å². The second-order valence-electron chi connectivity index (χ2n) is 4.91. The average molecular weight is 351 g/mol. The maximum Gasteiger partial charge on any atom is 0.304 e. The van der Waals surface area contributed by atoms with Gasteiger partial charge in [0.15, 0.2) is 5.00 Å². The van der Waals surface area contributed by atoms with Gasteiger partial charge in [0, 0.05) is 17.4 Å². The second kappa shape index (κ2) is 6.51. The summed E-state index contributed by atoms with van der Waals surface area (Å²) < 4.78 is 27.1. The van der Waals surface area contributed by atoms with E-state index in [1.54, 1.807) is 11.8 Å². The van der Waals surface area contributed by atoms with Crippen molar-refractivity contribution < 1.29 is 13.3 Å². The van der Waals surface area contributed by atoms with Gasteiger partial charge in [-0.2, -0.15) is 11.8 Å². The summed E-state index contributed by atoms with van der Waals surface area (Å²) in [5.74, 6) is 0. The molecule has 21 heavy (non-hydrogen) atoms. The molecular weight excluding hydrogens is 334 g/mol. The Balaban J connectivity index is 2.15. The summed E-state index contributed by atoms with van der Waals surface area (Å²) in [5, 5.41) is 11.1. The smallest absolute Gasteiger partial charge is 0.304 e. The molecule has 0 radical (unpaired) electrons. The van der Waals surface area contributed by atoms with Gasteiger partial charge in [-0.05, 0) is 25.5 Å². The maximum absolute atomic E-state index is 12.3. The molecular formula is C11H17N3O4S3. The van der Waals surface area contributed by atoms with Gasteiger partial charge in [-0.1, -0.05) is 17.8 Å². The van der Waals surface area contributed by atoms with Crippen molar-refractivity contribution in [3.8, 4) is 0 Å². The number of rotatable bonds is 5. The molecule has 1 fully saturated rings. The molecule has 1 aliphatic carbocycles. The molecule has 1 aromatic rings. The molecule has 10 heteroatoms. The minimum atomic E-state index is -3.75. The van der Waals surface area contributed by atoms with E-state index in [4.69, 9.17) is 5.73 Å². The van der Waals surface area contributed by atoms with Crippen molar-refractivity contribution in [1.82, 2.24) is 4.72 Å². The SMILES string of the molecule is CSC1CCCC(NS(=O)(=O)c2cc([N+](=O)[O-])c(N)s2)C1. The van der Waals surface area contributed by atoms with Crippen LogP contribution >= 0.6 is 23.1 Å². The fraction of sp³-hybridized carbons (Fsp3) is 0.636. The monoisotopic (exact) mass is 351 g/mol. The molecule has 7 nitrogen and oxygen atoms in total. The van der Waals surface area contributed by atoms with Crippen LogP contribution in [-0.2, 0) is 10.0 Å². The second-order valence-corrected chi connectivity index (χ2v) is 9.08. The molecule has 1 heterocycles. The standard InChI is InChI=1S/C11H17N3O4S3/c1-19-8-4-2-3-7(5-8)13-21(17,18)10-6-9(14(15)16)11(12)20-10/h6-8,13H,2-5,12H2,1H3. The van der Waals surface area contributed by atoms with Crippen LogP contribution in [0, 0.1) is 10.1 Å². The van der Waals surface area contributed by atoms with Crippen LogP contribution in [0.25, 0.3) is 0 Å². The maximum atomic E-state index is 12.3. The van der Waals surface area contributed by atoms with Gasteiger partial charge in [0.1, 0.15) is 4.21 Å². The Kier molecular flexibility index (Phi) is 5.12. The van der Waals surface area contributed by atoms with Gasteiger partial charge < -0.3 is 5.73 Å². The summed E-state index contributed by atoms with van der Waals surface area (Å²) in [6.45, 7) is 0. The Morgan fingerprint density at radius 1 is 1.52 bits per heavy atom. The number of nitrogen functional groups attached to an aromatic ring is 1. The van der Waals surface area contributed by atoms with Crippen LogP contribution < -0.4 is 10.5 Å². The van der Waals surface area contributed by atoms with Gasteiger partial charge >= 0.3 is 5.69 Å². The van der Waals surface area contributed by atoms with Crippen molar-refractivity contribution in [1.29, 1.82) is 0 Å². The fourth-order valence-electron chi connectivity index (χ4n) is 2.39. The number of sulfonamides is 1. The Labute approximate surface area is 131 Å². The molecule has 2 atom stereocenters. The van der Waals surface area contributed by atoms with Crippen LogP contribution in [0.15, 0.2) is 10.3 Å². The Morgan fingerprint density at radius 2 is 2.24 bits per heavy atom. The highest BCUT2D eigenvalue weighted by Crippen LogP contribution is 2.35. The highest BCUT2D eigenvalue weighted by Gasteiger charge is 2.29. The molecule has 1 aromatic heterocycles. The summed E-state index contributed by atoms with van der Waals surface area (Å²) in [6.07, 6.45) is 5.66. The third kappa shape index (κ3) is 3.87. The van der Waals surface area contributed by atoms with Crippen LogP contribution in [0.2, 0.25) is 0 Å². The lowest BCUT2D eigenvalue weighted by Crippen LogP contribution is -2.38. The molecule has 3 N–H and O–H groups in total. The van der Waals surface area contributed by atoms with Crippen molar-refractivity contribution in [3.05, 3.63) is 16.2 Å². The molecule has 0 spiro atoms. The summed E-state index contributed by atoms with van der Waals surface area (Å²) in [7, 11) is -3.75. The number of hydrogen-bond donors (Lipinski definition) is 2. The molecule has 1 aliphatic rings. The van der Waals surface area contributed by atoms with Gasteiger partial charge in [-0.3, -0.25) is 10.1 Å². The lowest BCUT2D eigenvalue weighted by Gasteiger charge is -2.28. The number of nitrogens with one attached hydrogen (secondary N) is 1.